The molecular formula is C28H32O4. The minimum Gasteiger partial charge on any atom is -0.507 e. The third-order valence-corrected chi connectivity index (χ3v) is 5.50. The van der Waals surface area contributed by atoms with Gasteiger partial charge in [0.2, 0.25) is 0 Å². The highest BCUT2D eigenvalue weighted by Crippen LogP contribution is 2.32. The predicted molar refractivity (Wildman–Crippen MR) is 128 cm³/mol. The molecule has 3 aromatic rings. The van der Waals surface area contributed by atoms with Crippen LogP contribution in [-0.2, 0) is 11.3 Å². The standard InChI is InChI=1S/C28H32O4/c1-20(2)22(17-23(29)19-32-18-21-9-4-3-5-10-21)11-8-14-27(30)26-15-16-28(31)25-13-7-6-12-24(25)26/h3-10,12-13,15-16,20,23,27,29-31H,14,17-19H2,1-2H3/t11?,23-,27-/m1/s1. The van der Waals surface area contributed by atoms with Gasteiger partial charge >= 0.3 is 0 Å². The Kier molecular flexibility index (Phi) is 8.66. The van der Waals surface area contributed by atoms with E-state index < -0.39 is 12.2 Å². The van der Waals surface area contributed by atoms with E-state index in [1.165, 1.54) is 0 Å². The summed E-state index contributed by atoms with van der Waals surface area (Å²) in [6.45, 7) is 4.87. The first-order chi connectivity index (χ1) is 15.5. The van der Waals surface area contributed by atoms with Crippen molar-refractivity contribution in [1.29, 1.82) is 0 Å². The molecule has 3 aromatic carbocycles. The molecule has 0 heterocycles. The quantitative estimate of drug-likeness (QED) is 0.361. The van der Waals surface area contributed by atoms with Gasteiger partial charge in [-0.1, -0.05) is 74.5 Å². The fraction of sp³-hybridized carbons (Fsp3) is 0.321. The molecule has 0 aliphatic heterocycles. The SMILES string of the molecule is CC(C)C(=C=CC[C@@H](O)c1ccc(O)c2ccccc12)C[C@@H](O)COCc1ccccc1. The van der Waals surface area contributed by atoms with Gasteiger partial charge in [0.15, 0.2) is 0 Å². The zero-order valence-electron chi connectivity index (χ0n) is 18.7. The van der Waals surface area contributed by atoms with Gasteiger partial charge in [-0.15, -0.1) is 5.73 Å². The van der Waals surface area contributed by atoms with Crippen LogP contribution < -0.4 is 0 Å². The van der Waals surface area contributed by atoms with Gasteiger partial charge in [-0.3, -0.25) is 0 Å². The summed E-state index contributed by atoms with van der Waals surface area (Å²) in [5.41, 5.74) is 6.13. The molecule has 3 rings (SSSR count). The third-order valence-electron chi connectivity index (χ3n) is 5.50. The van der Waals surface area contributed by atoms with Crippen LogP contribution in [0.15, 0.2) is 84.1 Å². The average molecular weight is 433 g/mol. The number of rotatable bonds is 10. The van der Waals surface area contributed by atoms with Gasteiger partial charge in [-0.25, -0.2) is 0 Å². The van der Waals surface area contributed by atoms with E-state index in [0.29, 0.717) is 19.4 Å². The van der Waals surface area contributed by atoms with Crippen molar-refractivity contribution in [3.8, 4) is 5.75 Å². The van der Waals surface area contributed by atoms with Crippen molar-refractivity contribution >= 4 is 10.8 Å². The summed E-state index contributed by atoms with van der Waals surface area (Å²) >= 11 is 0. The zero-order chi connectivity index (χ0) is 22.9. The number of hydrogen-bond acceptors (Lipinski definition) is 4. The zero-order valence-corrected chi connectivity index (χ0v) is 18.7. The molecule has 0 saturated carbocycles. The highest BCUT2D eigenvalue weighted by Gasteiger charge is 2.13. The molecule has 4 heteroatoms. The van der Waals surface area contributed by atoms with Crippen molar-refractivity contribution in [2.24, 2.45) is 5.92 Å². The number of fused-ring (bicyclic) bond motifs is 1. The molecule has 3 N–H and O–H groups in total. The lowest BCUT2D eigenvalue weighted by molar-refractivity contribution is 0.0280. The Morgan fingerprint density at radius 2 is 1.62 bits per heavy atom. The van der Waals surface area contributed by atoms with E-state index >= 15 is 0 Å². The maximum Gasteiger partial charge on any atom is 0.123 e. The minimum absolute atomic E-state index is 0.206. The van der Waals surface area contributed by atoms with Crippen LogP contribution in [0.25, 0.3) is 10.8 Å². The lowest BCUT2D eigenvalue weighted by Gasteiger charge is -2.15. The number of phenolic OH excluding ortho intramolecular Hbond substituents is 1. The van der Waals surface area contributed by atoms with E-state index in [1.807, 2.05) is 60.7 Å². The summed E-state index contributed by atoms with van der Waals surface area (Å²) in [7, 11) is 0. The van der Waals surface area contributed by atoms with Crippen molar-refractivity contribution < 1.29 is 20.1 Å². The molecule has 0 fully saturated rings. The van der Waals surface area contributed by atoms with Crippen molar-refractivity contribution in [1.82, 2.24) is 0 Å². The van der Waals surface area contributed by atoms with Gasteiger partial charge in [0.25, 0.3) is 0 Å². The van der Waals surface area contributed by atoms with Crippen molar-refractivity contribution in [3.05, 3.63) is 95.2 Å². The Morgan fingerprint density at radius 1 is 0.938 bits per heavy atom. The summed E-state index contributed by atoms with van der Waals surface area (Å²) < 4.78 is 5.65. The second kappa shape index (κ2) is 11.7. The number of ether oxygens (including phenoxy) is 1. The second-order valence-electron chi connectivity index (χ2n) is 8.36. The molecule has 2 atom stereocenters. The normalized spacial score (nSPS) is 13.0. The number of aromatic hydroxyl groups is 1. The lowest BCUT2D eigenvalue weighted by Crippen LogP contribution is -2.17. The Morgan fingerprint density at radius 3 is 2.34 bits per heavy atom. The molecule has 0 aromatic heterocycles. The predicted octanol–water partition coefficient (Wildman–Crippen LogP) is 5.67. The monoisotopic (exact) mass is 432 g/mol. The number of hydrogen-bond donors (Lipinski definition) is 3. The lowest BCUT2D eigenvalue weighted by atomic mass is 9.96. The second-order valence-corrected chi connectivity index (χ2v) is 8.36. The largest absolute Gasteiger partial charge is 0.507 e. The van der Waals surface area contributed by atoms with Crippen molar-refractivity contribution in [3.63, 3.8) is 0 Å². The number of aliphatic hydroxyl groups is 2. The molecule has 0 amide bonds. The number of benzene rings is 3. The highest BCUT2D eigenvalue weighted by atomic mass is 16.5. The summed E-state index contributed by atoms with van der Waals surface area (Å²) in [6, 6.07) is 20.8. The van der Waals surface area contributed by atoms with E-state index in [2.05, 4.69) is 19.6 Å². The van der Waals surface area contributed by atoms with Gasteiger partial charge in [0.05, 0.1) is 25.4 Å². The van der Waals surface area contributed by atoms with Gasteiger partial charge < -0.3 is 20.1 Å². The molecule has 0 bridgehead atoms. The van der Waals surface area contributed by atoms with Crippen LogP contribution in [0.2, 0.25) is 0 Å². The summed E-state index contributed by atoms with van der Waals surface area (Å²) in [4.78, 5) is 0. The molecule has 0 saturated heterocycles. The van der Waals surface area contributed by atoms with E-state index in [1.54, 1.807) is 12.1 Å². The minimum atomic E-state index is -0.708. The van der Waals surface area contributed by atoms with Gasteiger partial charge in [0.1, 0.15) is 5.75 Å². The first-order valence-corrected chi connectivity index (χ1v) is 11.1. The summed E-state index contributed by atoms with van der Waals surface area (Å²) in [5.74, 6) is 0.430. The van der Waals surface area contributed by atoms with Crippen LogP contribution in [0.4, 0.5) is 0 Å². The smallest absolute Gasteiger partial charge is 0.123 e. The van der Waals surface area contributed by atoms with E-state index in [4.69, 9.17) is 4.74 Å². The Hall–Kier alpha value is -2.88. The van der Waals surface area contributed by atoms with Crippen LogP contribution in [0, 0.1) is 5.92 Å². The molecular weight excluding hydrogens is 400 g/mol. The molecule has 0 unspecified atom stereocenters. The van der Waals surface area contributed by atoms with E-state index in [0.717, 1.165) is 27.5 Å². The third kappa shape index (κ3) is 6.56. The van der Waals surface area contributed by atoms with Crippen molar-refractivity contribution in [2.75, 3.05) is 6.61 Å². The first-order valence-electron chi connectivity index (χ1n) is 11.1. The molecule has 0 spiro atoms. The maximum atomic E-state index is 10.7. The van der Waals surface area contributed by atoms with Crippen LogP contribution in [0.1, 0.15) is 43.9 Å². The molecule has 4 nitrogen and oxygen atoms in total. The molecule has 32 heavy (non-hydrogen) atoms. The van der Waals surface area contributed by atoms with Gasteiger partial charge in [-0.05, 0) is 40.1 Å². The Bertz CT molecular complexity index is 1070. The van der Waals surface area contributed by atoms with Crippen molar-refractivity contribution in [2.45, 2.75) is 45.5 Å². The molecule has 0 radical (unpaired) electrons. The average Bonchev–Trinajstić information content (AvgIpc) is 2.79. The van der Waals surface area contributed by atoms with Gasteiger partial charge in [-0.2, -0.15) is 0 Å². The molecule has 0 aliphatic rings. The highest BCUT2D eigenvalue weighted by molar-refractivity contribution is 5.91. The van der Waals surface area contributed by atoms with Crippen LogP contribution in [0.3, 0.4) is 0 Å². The summed E-state index contributed by atoms with van der Waals surface area (Å²) in [6.07, 6.45) is 1.38. The summed E-state index contributed by atoms with van der Waals surface area (Å²) in [5, 5.41) is 32.8. The van der Waals surface area contributed by atoms with Crippen LogP contribution in [0.5, 0.6) is 5.75 Å². The fourth-order valence-corrected chi connectivity index (χ4v) is 3.69. The van der Waals surface area contributed by atoms with Crippen LogP contribution >= 0.6 is 0 Å². The molecule has 168 valence electrons. The number of aliphatic hydroxyl groups excluding tert-OH is 2. The molecule has 0 aliphatic carbocycles. The fourth-order valence-electron chi connectivity index (χ4n) is 3.69. The van der Waals surface area contributed by atoms with Gasteiger partial charge in [0, 0.05) is 18.2 Å². The van der Waals surface area contributed by atoms with E-state index in [9.17, 15) is 15.3 Å². The Balaban J connectivity index is 1.61. The maximum absolute atomic E-state index is 10.7. The topological polar surface area (TPSA) is 69.9 Å². The van der Waals surface area contributed by atoms with Crippen LogP contribution in [-0.4, -0.2) is 28.0 Å². The number of phenols is 1. The first kappa shape index (κ1) is 23.8. The Labute approximate surface area is 190 Å². The van der Waals surface area contributed by atoms with E-state index in [-0.39, 0.29) is 18.3 Å².